The molecule has 0 saturated heterocycles. The summed E-state index contributed by atoms with van der Waals surface area (Å²) in [7, 11) is 0. The molecule has 0 unspecified atom stereocenters. The summed E-state index contributed by atoms with van der Waals surface area (Å²) in [4.78, 5) is 21.8. The molecule has 0 radical (unpaired) electrons. The van der Waals surface area contributed by atoms with E-state index in [0.717, 1.165) is 13.0 Å². The van der Waals surface area contributed by atoms with Crippen molar-refractivity contribution in [2.75, 3.05) is 19.8 Å². The molecule has 0 aromatic heterocycles. The monoisotopic (exact) mass is 400 g/mol. The molecule has 0 aliphatic rings. The highest BCUT2D eigenvalue weighted by Gasteiger charge is 2.04. The maximum Gasteiger partial charge on any atom is 0.305 e. The van der Waals surface area contributed by atoms with Crippen LogP contribution in [0.5, 0.6) is 0 Å². The fraction of sp³-hybridized carbons (Fsp3) is 0.913. The zero-order chi connectivity index (χ0) is 20.7. The number of unbranched alkanes of at least 4 members (excludes halogenated alkanes) is 13. The number of esters is 1. The highest BCUT2D eigenvalue weighted by Crippen LogP contribution is 2.12. The molecule has 166 valence electrons. The van der Waals surface area contributed by atoms with Crippen molar-refractivity contribution in [2.45, 2.75) is 116 Å². The van der Waals surface area contributed by atoms with Crippen LogP contribution in [0.2, 0.25) is 0 Å². The quantitative estimate of drug-likeness (QED) is 0.171. The Morgan fingerprint density at radius 1 is 0.607 bits per heavy atom. The Bertz CT molecular complexity index is 357. The summed E-state index contributed by atoms with van der Waals surface area (Å²) in [6.07, 6.45) is 18.9. The van der Waals surface area contributed by atoms with Gasteiger partial charge in [0.1, 0.15) is 6.61 Å². The summed E-state index contributed by atoms with van der Waals surface area (Å²) in [5.74, 6) is -1.09. The summed E-state index contributed by atoms with van der Waals surface area (Å²) >= 11 is 0. The largest absolute Gasteiger partial charge is 0.481 e. The number of aliphatic carboxylic acids is 1. The number of carboxylic acid groups (broad SMARTS) is 1. The second kappa shape index (κ2) is 22.2. The summed E-state index contributed by atoms with van der Waals surface area (Å²) in [6, 6.07) is 0. The van der Waals surface area contributed by atoms with Crippen molar-refractivity contribution >= 4 is 11.9 Å². The van der Waals surface area contributed by atoms with Gasteiger partial charge in [-0.2, -0.15) is 0 Å². The molecule has 0 fully saturated rings. The van der Waals surface area contributed by atoms with Gasteiger partial charge in [-0.3, -0.25) is 9.59 Å². The van der Waals surface area contributed by atoms with E-state index in [1.807, 2.05) is 0 Å². The lowest BCUT2D eigenvalue weighted by Crippen LogP contribution is -2.11. The van der Waals surface area contributed by atoms with Crippen LogP contribution in [0.4, 0.5) is 0 Å². The summed E-state index contributed by atoms with van der Waals surface area (Å²) in [5, 5.41) is 8.51. The second-order valence-corrected chi connectivity index (χ2v) is 7.68. The first-order valence-electron chi connectivity index (χ1n) is 11.6. The summed E-state index contributed by atoms with van der Waals surface area (Å²) in [6.45, 7) is 3.73. The number of carboxylic acids is 1. The highest BCUT2D eigenvalue weighted by molar-refractivity contribution is 5.69. The Kier molecular flexibility index (Phi) is 21.3. The van der Waals surface area contributed by atoms with E-state index in [4.69, 9.17) is 14.6 Å². The van der Waals surface area contributed by atoms with Gasteiger partial charge in [0.15, 0.2) is 0 Å². The van der Waals surface area contributed by atoms with Crippen LogP contribution in [-0.2, 0) is 19.1 Å². The minimum atomic E-state index is -0.824. The predicted octanol–water partition coefficient (Wildman–Crippen LogP) is 6.28. The van der Waals surface area contributed by atoms with Crippen LogP contribution in [0.25, 0.3) is 0 Å². The van der Waals surface area contributed by atoms with E-state index >= 15 is 0 Å². The van der Waals surface area contributed by atoms with Crippen molar-refractivity contribution in [3.05, 3.63) is 0 Å². The van der Waals surface area contributed by atoms with Gasteiger partial charge < -0.3 is 14.6 Å². The topological polar surface area (TPSA) is 72.8 Å². The van der Waals surface area contributed by atoms with Crippen LogP contribution >= 0.6 is 0 Å². The predicted molar refractivity (Wildman–Crippen MR) is 114 cm³/mol. The van der Waals surface area contributed by atoms with Gasteiger partial charge in [0, 0.05) is 19.4 Å². The van der Waals surface area contributed by atoms with Crippen molar-refractivity contribution < 1.29 is 24.2 Å². The number of rotatable bonds is 22. The molecule has 0 aliphatic carbocycles. The van der Waals surface area contributed by atoms with Crippen LogP contribution in [0.15, 0.2) is 0 Å². The van der Waals surface area contributed by atoms with Gasteiger partial charge in [0.05, 0.1) is 6.61 Å². The van der Waals surface area contributed by atoms with Crippen molar-refractivity contribution in [1.82, 2.24) is 0 Å². The van der Waals surface area contributed by atoms with Crippen molar-refractivity contribution in [2.24, 2.45) is 0 Å². The average molecular weight is 401 g/mol. The Balaban J connectivity index is 3.11. The van der Waals surface area contributed by atoms with Gasteiger partial charge in [-0.05, 0) is 19.3 Å². The van der Waals surface area contributed by atoms with E-state index in [9.17, 15) is 9.59 Å². The van der Waals surface area contributed by atoms with Gasteiger partial charge in [-0.25, -0.2) is 0 Å². The third kappa shape index (κ3) is 22.9. The molecule has 5 nitrogen and oxygen atoms in total. The Morgan fingerprint density at radius 2 is 1.11 bits per heavy atom. The van der Waals surface area contributed by atoms with Crippen LogP contribution in [0.3, 0.4) is 0 Å². The molecule has 0 heterocycles. The van der Waals surface area contributed by atoms with E-state index in [0.29, 0.717) is 19.4 Å². The van der Waals surface area contributed by atoms with Gasteiger partial charge >= 0.3 is 11.9 Å². The lowest BCUT2D eigenvalue weighted by Gasteiger charge is -2.06. The van der Waals surface area contributed by atoms with Crippen LogP contribution in [-0.4, -0.2) is 36.9 Å². The highest BCUT2D eigenvalue weighted by atomic mass is 16.6. The number of hydrogen-bond donors (Lipinski definition) is 1. The maximum atomic E-state index is 11.4. The van der Waals surface area contributed by atoms with Gasteiger partial charge in [0.25, 0.3) is 0 Å². The second-order valence-electron chi connectivity index (χ2n) is 7.68. The molecule has 0 bridgehead atoms. The average Bonchev–Trinajstić information content (AvgIpc) is 2.67. The van der Waals surface area contributed by atoms with Crippen molar-refractivity contribution in [3.8, 4) is 0 Å². The molecule has 0 aromatic rings. The third-order valence-electron chi connectivity index (χ3n) is 4.90. The van der Waals surface area contributed by atoms with E-state index in [-0.39, 0.29) is 25.4 Å². The van der Waals surface area contributed by atoms with Crippen LogP contribution in [0, 0.1) is 0 Å². The lowest BCUT2D eigenvalue weighted by molar-refractivity contribution is -0.145. The van der Waals surface area contributed by atoms with Crippen LogP contribution in [0.1, 0.15) is 116 Å². The minimum absolute atomic E-state index is 0.107. The van der Waals surface area contributed by atoms with Crippen molar-refractivity contribution in [3.63, 3.8) is 0 Å². The standard InChI is InChI=1S/C23H44O5/c1-2-3-4-5-6-7-8-9-10-11-12-13-16-19-27-20-21-28-23(26)18-15-14-17-22(24)25/h2-21H2,1H3,(H,24,25). The SMILES string of the molecule is CCCCCCCCCCCCCCCOCCOC(=O)CCCCC(=O)O. The van der Waals surface area contributed by atoms with Crippen LogP contribution < -0.4 is 0 Å². The Labute approximate surface area is 172 Å². The van der Waals surface area contributed by atoms with E-state index in [2.05, 4.69) is 6.92 Å². The Morgan fingerprint density at radius 3 is 1.64 bits per heavy atom. The molecule has 0 spiro atoms. The lowest BCUT2D eigenvalue weighted by atomic mass is 10.0. The number of carbonyl (C=O) groups excluding carboxylic acids is 1. The molecule has 0 atom stereocenters. The number of carbonyl (C=O) groups is 2. The summed E-state index contributed by atoms with van der Waals surface area (Å²) < 4.78 is 10.5. The van der Waals surface area contributed by atoms with Gasteiger partial charge in [0.2, 0.25) is 0 Å². The molecular weight excluding hydrogens is 356 g/mol. The maximum absolute atomic E-state index is 11.4. The smallest absolute Gasteiger partial charge is 0.305 e. The molecule has 0 saturated carbocycles. The molecule has 28 heavy (non-hydrogen) atoms. The molecule has 0 rings (SSSR count). The summed E-state index contributed by atoms with van der Waals surface area (Å²) in [5.41, 5.74) is 0. The molecule has 0 aromatic carbocycles. The molecule has 1 N–H and O–H groups in total. The third-order valence-corrected chi connectivity index (χ3v) is 4.90. The molecule has 0 amide bonds. The molecule has 0 aliphatic heterocycles. The minimum Gasteiger partial charge on any atom is -0.481 e. The fourth-order valence-corrected chi connectivity index (χ4v) is 3.16. The molecule has 5 heteroatoms. The number of ether oxygens (including phenoxy) is 2. The Hall–Kier alpha value is -1.10. The zero-order valence-electron chi connectivity index (χ0n) is 18.2. The first-order chi connectivity index (χ1) is 13.7. The van der Waals surface area contributed by atoms with Gasteiger partial charge in [-0.1, -0.05) is 84.0 Å². The number of hydrogen-bond acceptors (Lipinski definition) is 4. The fourth-order valence-electron chi connectivity index (χ4n) is 3.16. The van der Waals surface area contributed by atoms with E-state index < -0.39 is 5.97 Å². The zero-order valence-corrected chi connectivity index (χ0v) is 18.2. The first kappa shape index (κ1) is 26.9. The first-order valence-corrected chi connectivity index (χ1v) is 11.6. The van der Waals surface area contributed by atoms with Gasteiger partial charge in [-0.15, -0.1) is 0 Å². The molecular formula is C23H44O5. The van der Waals surface area contributed by atoms with E-state index in [1.165, 1.54) is 77.0 Å². The van der Waals surface area contributed by atoms with E-state index in [1.54, 1.807) is 0 Å². The normalized spacial score (nSPS) is 10.9. The van der Waals surface area contributed by atoms with Crippen molar-refractivity contribution in [1.29, 1.82) is 0 Å².